The second-order valence-corrected chi connectivity index (χ2v) is 6.16. The molecule has 0 saturated heterocycles. The van der Waals surface area contributed by atoms with E-state index >= 15 is 0 Å². The number of hydrogen-bond donors (Lipinski definition) is 0. The minimum atomic E-state index is -5.39. The predicted molar refractivity (Wildman–Crippen MR) is 78.5 cm³/mol. The fourth-order valence-electron chi connectivity index (χ4n) is 1.38. The molecule has 0 rings (SSSR count). The van der Waals surface area contributed by atoms with Crippen molar-refractivity contribution in [2.45, 2.75) is 79.1 Å². The molecule has 0 aliphatic carbocycles. The van der Waals surface area contributed by atoms with Gasteiger partial charge in [0, 0.05) is 0 Å². The third-order valence-corrected chi connectivity index (χ3v) is 2.21. The maximum atomic E-state index is 8.55. The van der Waals surface area contributed by atoms with Gasteiger partial charge in [-0.1, -0.05) is 79.1 Å². The minimum Gasteiger partial charge on any atom is -0.822 e. The summed E-state index contributed by atoms with van der Waals surface area (Å²) in [6.07, 6.45) is 13.0. The zero-order valence-corrected chi connectivity index (χ0v) is 14.8. The van der Waals surface area contributed by atoms with Crippen LogP contribution in [0.3, 0.4) is 0 Å². The standard InChI is InChI=1S/C11H24.CH4.2H3O4P.H2O/c1-3-5-7-9-11-10-8-6-4-2;;2*1-5(2,3)4;/h3-11H2,1-2H3;1H4;2*(H3,1,2,3,4);1H2/p-6. The van der Waals surface area contributed by atoms with Crippen molar-refractivity contribution < 1.29 is 44.0 Å². The Labute approximate surface area is 139 Å². The molecule has 0 unspecified atom stereocenters. The number of unbranched alkanes of at least 4 members (excludes halogenated alkanes) is 8. The van der Waals surface area contributed by atoms with Crippen LogP contribution in [0.25, 0.3) is 0 Å². The third kappa shape index (κ3) is 135. The molecule has 11 heteroatoms. The molecule has 0 aromatic heterocycles. The van der Waals surface area contributed by atoms with E-state index in [0.29, 0.717) is 0 Å². The Morgan fingerprint density at radius 1 is 0.565 bits per heavy atom. The van der Waals surface area contributed by atoms with Gasteiger partial charge >= 0.3 is 0 Å². The van der Waals surface area contributed by atoms with Gasteiger partial charge in [-0.25, -0.2) is 0 Å². The number of hydrogen-bond acceptors (Lipinski definition) is 8. The first-order valence-electron chi connectivity index (χ1n) is 6.87. The Morgan fingerprint density at radius 3 is 0.826 bits per heavy atom. The molecule has 0 aliphatic heterocycles. The van der Waals surface area contributed by atoms with E-state index in [9.17, 15) is 0 Å². The van der Waals surface area contributed by atoms with E-state index in [1.807, 2.05) is 0 Å². The Hall–Kier alpha value is 0.180. The monoisotopic (exact) mass is 380 g/mol. The maximum Gasteiger partial charge on any atom is -0.0533 e. The van der Waals surface area contributed by atoms with Crippen LogP contribution in [-0.2, 0) is 9.13 Å². The maximum absolute atomic E-state index is 8.55. The van der Waals surface area contributed by atoms with Crippen molar-refractivity contribution in [2.75, 3.05) is 0 Å². The van der Waals surface area contributed by atoms with Crippen molar-refractivity contribution in [2.24, 2.45) is 0 Å². The topological polar surface area (TPSA) is 204 Å². The highest BCUT2D eigenvalue weighted by Gasteiger charge is 1.88. The number of phosphoric acid groups is 2. The molecule has 0 atom stereocenters. The average Bonchev–Trinajstić information content (AvgIpc) is 2.23. The molecule has 0 spiro atoms. The van der Waals surface area contributed by atoms with E-state index in [1.165, 1.54) is 57.8 Å². The second kappa shape index (κ2) is 22.2. The third-order valence-electron chi connectivity index (χ3n) is 2.21. The summed E-state index contributed by atoms with van der Waals surface area (Å²) < 4.78 is 17.1. The molecule has 2 N–H and O–H groups in total. The zero-order valence-electron chi connectivity index (χ0n) is 13.0. The highest BCUT2D eigenvalue weighted by molar-refractivity contribution is 7.40. The van der Waals surface area contributed by atoms with Crippen LogP contribution in [-0.4, -0.2) is 5.48 Å². The van der Waals surface area contributed by atoms with Gasteiger partial charge in [0.05, 0.1) is 0 Å². The van der Waals surface area contributed by atoms with E-state index in [4.69, 9.17) is 38.5 Å². The van der Waals surface area contributed by atoms with Crippen LogP contribution >= 0.6 is 15.6 Å². The van der Waals surface area contributed by atoms with Crippen molar-refractivity contribution in [3.8, 4) is 0 Å². The first-order chi connectivity index (χ1) is 9.41. The first-order valence-corrected chi connectivity index (χ1v) is 9.80. The average molecular weight is 380 g/mol. The van der Waals surface area contributed by atoms with E-state index in [-0.39, 0.29) is 12.9 Å². The van der Waals surface area contributed by atoms with E-state index in [2.05, 4.69) is 13.8 Å². The molecule has 0 aliphatic rings. The summed E-state index contributed by atoms with van der Waals surface area (Å²) in [5, 5.41) is 0. The molecule has 9 nitrogen and oxygen atoms in total. The Morgan fingerprint density at radius 2 is 0.696 bits per heavy atom. The lowest BCUT2D eigenvalue weighted by atomic mass is 10.1. The lowest BCUT2D eigenvalue weighted by Gasteiger charge is -2.36. The first kappa shape index (κ1) is 34.5. The van der Waals surface area contributed by atoms with Crippen LogP contribution in [0.15, 0.2) is 0 Å². The molecule has 0 aromatic carbocycles. The fraction of sp³-hybridized carbons (Fsp3) is 1.00. The van der Waals surface area contributed by atoms with Crippen LogP contribution < -0.4 is 29.4 Å². The molecule has 0 aromatic rings. The molecule has 0 amide bonds. The summed E-state index contributed by atoms with van der Waals surface area (Å²) in [4.78, 5) is 51.3. The largest absolute Gasteiger partial charge is 0.822 e. The minimum absolute atomic E-state index is 0. The molecule has 148 valence electrons. The lowest BCUT2D eigenvalue weighted by Crippen LogP contribution is -2.24. The Balaban J connectivity index is -0.0000000767. The normalized spacial score (nSPS) is 10.1. The van der Waals surface area contributed by atoms with Gasteiger partial charge in [-0.2, -0.15) is 15.6 Å². The summed E-state index contributed by atoms with van der Waals surface area (Å²) in [6, 6.07) is 0. The van der Waals surface area contributed by atoms with Gasteiger partial charge in [0.2, 0.25) is 0 Å². The van der Waals surface area contributed by atoms with E-state index < -0.39 is 15.6 Å². The van der Waals surface area contributed by atoms with Gasteiger partial charge in [0.1, 0.15) is 0 Å². The van der Waals surface area contributed by atoms with Crippen LogP contribution in [0.1, 0.15) is 79.1 Å². The predicted octanol–water partition coefficient (Wildman–Crippen LogP) is -1.30. The lowest BCUT2D eigenvalue weighted by molar-refractivity contribution is -0.434. The summed E-state index contributed by atoms with van der Waals surface area (Å²) in [6.45, 7) is 4.55. The van der Waals surface area contributed by atoms with Gasteiger partial charge in [-0.15, -0.1) is 0 Å². The molecule has 0 bridgehead atoms. The van der Waals surface area contributed by atoms with Gasteiger partial charge in [0.15, 0.2) is 0 Å². The smallest absolute Gasteiger partial charge is 0.0533 e. The zero-order chi connectivity index (χ0) is 17.4. The highest BCUT2D eigenvalue weighted by Crippen LogP contribution is 2.08. The molecule has 0 saturated carbocycles. The van der Waals surface area contributed by atoms with Crippen molar-refractivity contribution in [3.05, 3.63) is 0 Å². The van der Waals surface area contributed by atoms with Crippen LogP contribution in [0, 0.1) is 0 Å². The summed E-state index contributed by atoms with van der Waals surface area (Å²) in [7, 11) is -10.8. The van der Waals surface area contributed by atoms with Gasteiger partial charge in [-0.3, -0.25) is 0 Å². The second-order valence-electron chi connectivity index (χ2n) is 4.37. The van der Waals surface area contributed by atoms with Crippen molar-refractivity contribution >= 4 is 15.6 Å². The Bertz CT molecular complexity index is 244. The van der Waals surface area contributed by atoms with Crippen molar-refractivity contribution in [1.29, 1.82) is 0 Å². The molecular weight excluding hydrogens is 350 g/mol. The summed E-state index contributed by atoms with van der Waals surface area (Å²) in [5.41, 5.74) is 0. The fourth-order valence-corrected chi connectivity index (χ4v) is 1.38. The summed E-state index contributed by atoms with van der Waals surface area (Å²) >= 11 is 0. The van der Waals surface area contributed by atoms with E-state index in [0.717, 1.165) is 0 Å². The van der Waals surface area contributed by atoms with Gasteiger partial charge in [-0.05, 0) is 0 Å². The summed E-state index contributed by atoms with van der Waals surface area (Å²) in [5.74, 6) is 0. The highest BCUT2D eigenvalue weighted by atomic mass is 31.2. The van der Waals surface area contributed by atoms with Gasteiger partial charge in [0.25, 0.3) is 0 Å². The molecular formula is C12H30O9P2-6. The van der Waals surface area contributed by atoms with Crippen LogP contribution in [0.2, 0.25) is 0 Å². The quantitative estimate of drug-likeness (QED) is 0.364. The van der Waals surface area contributed by atoms with E-state index in [1.54, 1.807) is 0 Å². The molecule has 0 heterocycles. The molecule has 23 heavy (non-hydrogen) atoms. The number of rotatable bonds is 8. The molecule has 0 fully saturated rings. The molecule has 0 radical (unpaired) electrons. The van der Waals surface area contributed by atoms with Crippen LogP contribution in [0.4, 0.5) is 0 Å². The Kier molecular flexibility index (Phi) is 33.3. The SMILES string of the molecule is C.CCCCCCCCCCC.O.O=P([O-])([O-])[O-].O=P([O-])([O-])[O-]. The van der Waals surface area contributed by atoms with Gasteiger partial charge < -0.3 is 44.0 Å². The van der Waals surface area contributed by atoms with Crippen molar-refractivity contribution in [1.82, 2.24) is 0 Å². The van der Waals surface area contributed by atoms with Crippen LogP contribution in [0.5, 0.6) is 0 Å². The van der Waals surface area contributed by atoms with Crippen molar-refractivity contribution in [3.63, 3.8) is 0 Å².